The largest absolute Gasteiger partial charge is 0.377 e. The lowest BCUT2D eigenvalue weighted by Gasteiger charge is -2.17. The number of hydrogen-bond acceptors (Lipinski definition) is 3. The maximum absolute atomic E-state index is 5.66. The third kappa shape index (κ3) is 4.01. The number of nitrogens with zero attached hydrogens (tertiary/aromatic N) is 1. The zero-order valence-electron chi connectivity index (χ0n) is 11.9. The molecule has 0 radical (unpaired) electrons. The van der Waals surface area contributed by atoms with Crippen molar-refractivity contribution < 1.29 is 4.74 Å². The monoisotopic (exact) mass is 258 g/mol. The highest BCUT2D eigenvalue weighted by Crippen LogP contribution is 2.13. The Morgan fingerprint density at radius 2 is 1.95 bits per heavy atom. The van der Waals surface area contributed by atoms with E-state index in [4.69, 9.17) is 9.72 Å². The first kappa shape index (κ1) is 14.0. The number of rotatable bonds is 6. The van der Waals surface area contributed by atoms with E-state index < -0.39 is 0 Å². The van der Waals surface area contributed by atoms with Crippen LogP contribution in [0, 0.1) is 0 Å². The Morgan fingerprint density at radius 3 is 2.68 bits per heavy atom. The van der Waals surface area contributed by atoms with Crippen molar-refractivity contribution in [3.8, 4) is 0 Å². The van der Waals surface area contributed by atoms with Gasteiger partial charge in [-0.1, -0.05) is 24.3 Å². The summed E-state index contributed by atoms with van der Waals surface area (Å²) in [5, 5.41) is 4.47. The van der Waals surface area contributed by atoms with E-state index in [1.54, 1.807) is 0 Å². The average molecular weight is 258 g/mol. The molecule has 1 atom stereocenters. The van der Waals surface area contributed by atoms with Gasteiger partial charge in [-0.25, -0.2) is 0 Å². The van der Waals surface area contributed by atoms with Gasteiger partial charge in [-0.3, -0.25) is 4.98 Å². The molecule has 0 bridgehead atoms. The van der Waals surface area contributed by atoms with Crippen molar-refractivity contribution in [3.05, 3.63) is 42.1 Å². The smallest absolute Gasteiger partial charge is 0.0705 e. The lowest BCUT2D eigenvalue weighted by atomic mass is 10.1. The zero-order valence-corrected chi connectivity index (χ0v) is 11.9. The fourth-order valence-electron chi connectivity index (χ4n) is 2.03. The Kier molecular flexibility index (Phi) is 4.88. The van der Waals surface area contributed by atoms with E-state index in [9.17, 15) is 0 Å². The number of fused-ring (bicyclic) bond motifs is 1. The number of likely N-dealkylation sites (N-methyl/N-ethyl adjacent to an activating group) is 1. The molecule has 3 heteroatoms. The van der Waals surface area contributed by atoms with Crippen LogP contribution in [0.1, 0.15) is 19.5 Å². The molecule has 0 saturated heterocycles. The van der Waals surface area contributed by atoms with Crippen LogP contribution >= 0.6 is 0 Å². The second-order valence-corrected chi connectivity index (χ2v) is 5.07. The molecule has 0 spiro atoms. The summed E-state index contributed by atoms with van der Waals surface area (Å²) < 4.78 is 5.66. The van der Waals surface area contributed by atoms with Crippen LogP contribution in [0.5, 0.6) is 0 Å². The highest BCUT2D eigenvalue weighted by molar-refractivity contribution is 5.78. The minimum Gasteiger partial charge on any atom is -0.377 e. The minimum absolute atomic E-state index is 0.264. The molecule has 0 fully saturated rings. The molecule has 0 saturated carbocycles. The van der Waals surface area contributed by atoms with Crippen LogP contribution in [0.4, 0.5) is 0 Å². The first-order valence-electron chi connectivity index (χ1n) is 6.82. The standard InChI is InChI=1S/C16H22N2O/c1-12(2)19-11-15(17-3)10-14-9-8-13-6-4-5-7-16(13)18-14/h4-9,12,15,17H,10-11H2,1-3H3. The highest BCUT2D eigenvalue weighted by Gasteiger charge is 2.10. The van der Waals surface area contributed by atoms with Crippen LogP contribution in [-0.2, 0) is 11.2 Å². The molecule has 2 aromatic rings. The van der Waals surface area contributed by atoms with Gasteiger partial charge in [0.15, 0.2) is 0 Å². The van der Waals surface area contributed by atoms with Crippen LogP contribution < -0.4 is 5.32 Å². The number of nitrogens with one attached hydrogen (secondary N) is 1. The van der Waals surface area contributed by atoms with Gasteiger partial charge >= 0.3 is 0 Å². The normalized spacial score (nSPS) is 13.1. The minimum atomic E-state index is 0.264. The lowest BCUT2D eigenvalue weighted by molar-refractivity contribution is 0.0626. The van der Waals surface area contributed by atoms with E-state index in [1.807, 2.05) is 19.2 Å². The van der Waals surface area contributed by atoms with E-state index in [0.717, 1.165) is 17.6 Å². The van der Waals surface area contributed by atoms with Gasteiger partial charge in [0.1, 0.15) is 0 Å². The summed E-state index contributed by atoms with van der Waals surface area (Å²) in [5.74, 6) is 0. The van der Waals surface area contributed by atoms with Crippen LogP contribution in [0.15, 0.2) is 36.4 Å². The molecule has 3 nitrogen and oxygen atoms in total. The lowest BCUT2D eigenvalue weighted by Crippen LogP contribution is -2.33. The van der Waals surface area contributed by atoms with Gasteiger partial charge in [0.2, 0.25) is 0 Å². The van der Waals surface area contributed by atoms with Gasteiger partial charge in [-0.2, -0.15) is 0 Å². The van der Waals surface area contributed by atoms with E-state index in [2.05, 4.69) is 43.4 Å². The summed E-state index contributed by atoms with van der Waals surface area (Å²) in [6.07, 6.45) is 1.15. The molecule has 2 rings (SSSR count). The molecule has 1 N–H and O–H groups in total. The summed E-state index contributed by atoms with van der Waals surface area (Å²) in [5.41, 5.74) is 2.16. The second-order valence-electron chi connectivity index (χ2n) is 5.07. The predicted molar refractivity (Wildman–Crippen MR) is 79.4 cm³/mol. The van der Waals surface area contributed by atoms with Gasteiger partial charge in [-0.15, -0.1) is 0 Å². The van der Waals surface area contributed by atoms with Gasteiger partial charge < -0.3 is 10.1 Å². The fraction of sp³-hybridized carbons (Fsp3) is 0.438. The first-order chi connectivity index (χ1) is 9.19. The summed E-state index contributed by atoms with van der Waals surface area (Å²) in [4.78, 5) is 4.69. The summed E-state index contributed by atoms with van der Waals surface area (Å²) in [7, 11) is 1.97. The number of para-hydroxylation sites is 1. The summed E-state index contributed by atoms with van der Waals surface area (Å²) in [6, 6.07) is 12.7. The fourth-order valence-corrected chi connectivity index (χ4v) is 2.03. The first-order valence-corrected chi connectivity index (χ1v) is 6.82. The SMILES string of the molecule is CNC(COC(C)C)Cc1ccc2ccccc2n1. The number of benzene rings is 1. The number of hydrogen-bond donors (Lipinski definition) is 1. The van der Waals surface area contributed by atoms with Crippen molar-refractivity contribution in [2.75, 3.05) is 13.7 Å². The van der Waals surface area contributed by atoms with Gasteiger partial charge in [0.25, 0.3) is 0 Å². The molecule has 1 heterocycles. The molecular formula is C16H22N2O. The molecule has 0 aliphatic rings. The van der Waals surface area contributed by atoms with Crippen molar-refractivity contribution in [2.45, 2.75) is 32.4 Å². The van der Waals surface area contributed by atoms with Gasteiger partial charge in [0, 0.05) is 23.5 Å². The van der Waals surface area contributed by atoms with Crippen molar-refractivity contribution in [1.82, 2.24) is 10.3 Å². The Labute approximate surface area is 115 Å². The molecular weight excluding hydrogens is 236 g/mol. The molecule has 0 amide bonds. The molecule has 1 aromatic heterocycles. The molecule has 1 aromatic carbocycles. The van der Waals surface area contributed by atoms with E-state index in [-0.39, 0.29) is 6.10 Å². The van der Waals surface area contributed by atoms with Crippen LogP contribution in [0.3, 0.4) is 0 Å². The van der Waals surface area contributed by atoms with Gasteiger partial charge in [0.05, 0.1) is 18.2 Å². The quantitative estimate of drug-likeness (QED) is 0.865. The maximum atomic E-state index is 5.66. The Morgan fingerprint density at radius 1 is 1.16 bits per heavy atom. The molecule has 19 heavy (non-hydrogen) atoms. The van der Waals surface area contributed by atoms with E-state index in [1.165, 1.54) is 5.39 Å². The van der Waals surface area contributed by atoms with Crippen LogP contribution in [0.25, 0.3) is 10.9 Å². The average Bonchev–Trinajstić information content (AvgIpc) is 2.43. The summed E-state index contributed by atoms with van der Waals surface area (Å²) in [6.45, 7) is 4.82. The van der Waals surface area contributed by atoms with Crippen molar-refractivity contribution in [1.29, 1.82) is 0 Å². The molecule has 0 aliphatic carbocycles. The molecule has 102 valence electrons. The van der Waals surface area contributed by atoms with Crippen molar-refractivity contribution >= 4 is 10.9 Å². The third-order valence-electron chi connectivity index (χ3n) is 3.15. The van der Waals surface area contributed by atoms with Crippen LogP contribution in [-0.4, -0.2) is 30.8 Å². The second kappa shape index (κ2) is 6.64. The van der Waals surface area contributed by atoms with E-state index in [0.29, 0.717) is 12.6 Å². The highest BCUT2D eigenvalue weighted by atomic mass is 16.5. The number of aromatic nitrogens is 1. The Balaban J connectivity index is 2.06. The Bertz CT molecular complexity index is 525. The maximum Gasteiger partial charge on any atom is 0.0705 e. The van der Waals surface area contributed by atoms with Crippen LogP contribution in [0.2, 0.25) is 0 Å². The molecule has 0 aliphatic heterocycles. The number of ether oxygens (including phenoxy) is 1. The summed E-state index contributed by atoms with van der Waals surface area (Å²) >= 11 is 0. The topological polar surface area (TPSA) is 34.1 Å². The Hall–Kier alpha value is -1.45. The molecule has 1 unspecified atom stereocenters. The number of pyridine rings is 1. The van der Waals surface area contributed by atoms with Crippen molar-refractivity contribution in [3.63, 3.8) is 0 Å². The van der Waals surface area contributed by atoms with E-state index >= 15 is 0 Å². The third-order valence-corrected chi connectivity index (χ3v) is 3.15. The van der Waals surface area contributed by atoms with Crippen molar-refractivity contribution in [2.24, 2.45) is 0 Å². The van der Waals surface area contributed by atoms with Gasteiger partial charge in [-0.05, 0) is 33.0 Å². The predicted octanol–water partition coefficient (Wildman–Crippen LogP) is 2.79. The zero-order chi connectivity index (χ0) is 13.7.